The van der Waals surface area contributed by atoms with Crippen LogP contribution in [0.5, 0.6) is 0 Å². The predicted octanol–water partition coefficient (Wildman–Crippen LogP) is 3.94. The Hall–Kier alpha value is -2.79. The molecular weight excluding hydrogens is 266 g/mol. The molecule has 1 aromatic rings. The first-order chi connectivity index (χ1) is 10.1. The molecule has 1 rings (SSSR count). The van der Waals surface area contributed by atoms with Gasteiger partial charge in [-0.2, -0.15) is 0 Å². The Bertz CT molecular complexity index is 658. The molecule has 0 saturated heterocycles. The van der Waals surface area contributed by atoms with E-state index < -0.39 is 0 Å². The number of nitrogens with zero attached hydrogens (tertiary/aromatic N) is 3. The first-order valence-electron chi connectivity index (χ1n) is 6.50. The second-order valence-electron chi connectivity index (χ2n) is 4.39. The summed E-state index contributed by atoms with van der Waals surface area (Å²) in [6.07, 6.45) is 1.36. The lowest BCUT2D eigenvalue weighted by atomic mass is 10.0. The number of benzene rings is 1. The fourth-order valence-electron chi connectivity index (χ4n) is 1.64. The van der Waals surface area contributed by atoms with Gasteiger partial charge in [-0.3, -0.25) is 0 Å². The van der Waals surface area contributed by atoms with Gasteiger partial charge in [0.15, 0.2) is 4.98 Å². The van der Waals surface area contributed by atoms with E-state index in [9.17, 15) is 5.11 Å². The molecule has 5 nitrogen and oxygen atoms in total. The minimum atomic E-state index is -0.0838. The summed E-state index contributed by atoms with van der Waals surface area (Å²) in [5, 5.41) is 22.5. The minimum absolute atomic E-state index is 0.0838. The van der Waals surface area contributed by atoms with Crippen LogP contribution in [0, 0.1) is 17.2 Å². The van der Waals surface area contributed by atoms with Gasteiger partial charge in [0.25, 0.3) is 0 Å². The van der Waals surface area contributed by atoms with Crippen molar-refractivity contribution in [1.82, 2.24) is 0 Å². The van der Waals surface area contributed by atoms with Crippen molar-refractivity contribution in [2.24, 2.45) is 5.16 Å². The summed E-state index contributed by atoms with van der Waals surface area (Å²) in [5.74, 6) is 5.95. The van der Waals surface area contributed by atoms with E-state index in [1.807, 2.05) is 13.0 Å². The van der Waals surface area contributed by atoms with Gasteiger partial charge in [0.1, 0.15) is 7.11 Å². The van der Waals surface area contributed by atoms with E-state index >= 15 is 0 Å². The van der Waals surface area contributed by atoms with Crippen molar-refractivity contribution in [1.29, 1.82) is 5.39 Å². The van der Waals surface area contributed by atoms with Crippen LogP contribution in [0.15, 0.2) is 35.1 Å². The highest BCUT2D eigenvalue weighted by molar-refractivity contribution is 5.81. The Labute approximate surface area is 124 Å². The maximum Gasteiger partial charge on any atom is 0.400 e. The Morgan fingerprint density at radius 3 is 2.76 bits per heavy atom. The van der Waals surface area contributed by atoms with Gasteiger partial charge in [0.05, 0.1) is 5.71 Å². The van der Waals surface area contributed by atoms with Crippen molar-refractivity contribution < 1.29 is 9.94 Å². The lowest BCUT2D eigenvalue weighted by Crippen LogP contribution is -1.92. The van der Waals surface area contributed by atoms with Crippen LogP contribution in [0.2, 0.25) is 0 Å². The number of rotatable bonds is 4. The van der Waals surface area contributed by atoms with E-state index in [0.717, 1.165) is 12.1 Å². The van der Waals surface area contributed by atoms with Gasteiger partial charge in [0.2, 0.25) is 11.2 Å². The third kappa shape index (κ3) is 5.00. The molecule has 108 valence electrons. The van der Waals surface area contributed by atoms with Crippen LogP contribution in [0.25, 0.3) is 10.7 Å². The van der Waals surface area contributed by atoms with Crippen molar-refractivity contribution in [3.8, 4) is 11.8 Å². The van der Waals surface area contributed by atoms with Crippen molar-refractivity contribution >= 4 is 11.5 Å². The molecule has 0 saturated carbocycles. The molecule has 0 radical (unpaired) electrons. The van der Waals surface area contributed by atoms with Crippen LogP contribution in [-0.4, -0.2) is 17.9 Å². The highest BCUT2D eigenvalue weighted by Gasteiger charge is 2.15. The molecule has 0 aliphatic heterocycles. The van der Waals surface area contributed by atoms with Gasteiger partial charge in [-0.1, -0.05) is 29.1 Å². The molecule has 0 unspecified atom stereocenters. The molecular formula is C16H18N3O2+. The summed E-state index contributed by atoms with van der Waals surface area (Å²) < 4.78 is 0. The Balaban J connectivity index is 2.92. The van der Waals surface area contributed by atoms with Gasteiger partial charge in [-0.05, 0) is 25.5 Å². The van der Waals surface area contributed by atoms with Gasteiger partial charge in [0, 0.05) is 24.5 Å². The molecule has 21 heavy (non-hydrogen) atoms. The van der Waals surface area contributed by atoms with E-state index in [0.29, 0.717) is 17.5 Å². The summed E-state index contributed by atoms with van der Waals surface area (Å²) in [6, 6.07) is 7.16. The van der Waals surface area contributed by atoms with Gasteiger partial charge in [-0.15, -0.1) is 0 Å². The van der Waals surface area contributed by atoms with Crippen LogP contribution < -0.4 is 0 Å². The third-order valence-electron chi connectivity index (χ3n) is 2.76. The van der Waals surface area contributed by atoms with Gasteiger partial charge >= 0.3 is 5.70 Å². The van der Waals surface area contributed by atoms with Crippen molar-refractivity contribution in [2.75, 3.05) is 7.11 Å². The molecule has 0 fully saturated rings. The summed E-state index contributed by atoms with van der Waals surface area (Å²) in [4.78, 5) is 7.67. The van der Waals surface area contributed by atoms with E-state index in [2.05, 4.69) is 26.8 Å². The lowest BCUT2D eigenvalue weighted by molar-refractivity contribution is 0.212. The normalized spacial score (nSPS) is 11.8. The molecule has 1 aromatic carbocycles. The maximum absolute atomic E-state index is 10.0. The monoisotopic (exact) mass is 284 g/mol. The fraction of sp³-hybridized carbons (Fsp3) is 0.312. The van der Waals surface area contributed by atoms with E-state index in [1.165, 1.54) is 14.0 Å². The number of allylic oxidation sites excluding steroid dienone is 1. The molecule has 1 N–H and O–H groups in total. The van der Waals surface area contributed by atoms with Crippen LogP contribution in [-0.2, 0) is 4.84 Å². The smallest absolute Gasteiger partial charge is 0.400 e. The Kier molecular flexibility index (Phi) is 6.50. The summed E-state index contributed by atoms with van der Waals surface area (Å²) in [5.41, 5.74) is 2.24. The van der Waals surface area contributed by atoms with E-state index in [1.54, 1.807) is 18.2 Å². The zero-order valence-electron chi connectivity index (χ0n) is 12.4. The van der Waals surface area contributed by atoms with Gasteiger partial charge in [-0.25, -0.2) is 0 Å². The summed E-state index contributed by atoms with van der Waals surface area (Å²) in [6.45, 7) is 3.39. The Morgan fingerprint density at radius 2 is 2.10 bits per heavy atom. The molecule has 0 amide bonds. The Morgan fingerprint density at radius 1 is 1.38 bits per heavy atom. The minimum Gasteiger partial charge on any atom is -0.501 e. The number of hydrogen-bond donors (Lipinski definition) is 1. The average molecular weight is 284 g/mol. The summed E-state index contributed by atoms with van der Waals surface area (Å²) >= 11 is 0. The molecule has 0 bridgehead atoms. The van der Waals surface area contributed by atoms with Crippen LogP contribution >= 0.6 is 0 Å². The standard InChI is InChI=1S/C16H17N3O2/c1-12(19-21-3)8-4-5-9-14-10-6-7-11-15(14)16(20)13(2)18-17/h6-7,10-11H,4,8H2,1-3H3/p+1/b16-13-,19-12-. The zero-order chi connectivity index (χ0) is 15.7. The van der Waals surface area contributed by atoms with Crippen molar-refractivity contribution in [2.45, 2.75) is 26.7 Å². The van der Waals surface area contributed by atoms with Crippen molar-refractivity contribution in [3.05, 3.63) is 46.1 Å². The van der Waals surface area contributed by atoms with Crippen LogP contribution in [0.4, 0.5) is 0 Å². The largest absolute Gasteiger partial charge is 0.501 e. The molecule has 0 spiro atoms. The van der Waals surface area contributed by atoms with Crippen LogP contribution in [0.3, 0.4) is 0 Å². The average Bonchev–Trinajstić information content (AvgIpc) is 2.50. The zero-order valence-corrected chi connectivity index (χ0v) is 12.4. The van der Waals surface area contributed by atoms with Crippen LogP contribution in [0.1, 0.15) is 37.8 Å². The molecule has 0 aliphatic rings. The second-order valence-corrected chi connectivity index (χ2v) is 4.39. The topological polar surface area (TPSA) is 70.0 Å². The second kappa shape index (κ2) is 8.39. The molecule has 0 aromatic heterocycles. The SMILES string of the molecule is CO/N=C(/C)CCC#Cc1ccccc1/C(O)=C(\C)[N+]#N. The number of hydrogen-bond acceptors (Lipinski definition) is 4. The van der Waals surface area contributed by atoms with E-state index in [-0.39, 0.29) is 11.5 Å². The lowest BCUT2D eigenvalue weighted by Gasteiger charge is -2.00. The number of diazo groups is 1. The highest BCUT2D eigenvalue weighted by Crippen LogP contribution is 2.20. The fourth-order valence-corrected chi connectivity index (χ4v) is 1.64. The van der Waals surface area contributed by atoms with E-state index in [4.69, 9.17) is 5.39 Å². The molecule has 0 heterocycles. The number of aliphatic hydroxyl groups excluding tert-OH is 1. The molecule has 5 heteroatoms. The first kappa shape index (κ1) is 16.3. The van der Waals surface area contributed by atoms with Crippen molar-refractivity contribution in [3.63, 3.8) is 0 Å². The quantitative estimate of drug-likeness (QED) is 0.299. The highest BCUT2D eigenvalue weighted by atomic mass is 16.6. The van der Waals surface area contributed by atoms with Gasteiger partial charge < -0.3 is 9.94 Å². The predicted molar refractivity (Wildman–Crippen MR) is 83.0 cm³/mol. The third-order valence-corrected chi connectivity index (χ3v) is 2.76. The molecule has 0 aliphatic carbocycles. The maximum atomic E-state index is 10.0. The molecule has 0 atom stereocenters. The number of oxime groups is 1. The number of aliphatic hydroxyl groups is 1. The summed E-state index contributed by atoms with van der Waals surface area (Å²) in [7, 11) is 1.51. The first-order valence-corrected chi connectivity index (χ1v) is 6.50.